The number of carboxylic acids is 1. The summed E-state index contributed by atoms with van der Waals surface area (Å²) in [5.74, 6) is -0.889. The van der Waals surface area contributed by atoms with Crippen molar-refractivity contribution in [2.75, 3.05) is 13.2 Å². The first kappa shape index (κ1) is 12.4. The Hall–Kier alpha value is -1.10. The van der Waals surface area contributed by atoms with Crippen LogP contribution in [0.3, 0.4) is 0 Å². The summed E-state index contributed by atoms with van der Waals surface area (Å²) >= 11 is 0. The number of carbonyl (C=O) groups is 2. The van der Waals surface area contributed by atoms with Crippen molar-refractivity contribution < 1.29 is 19.4 Å². The summed E-state index contributed by atoms with van der Waals surface area (Å²) in [4.78, 5) is 24.7. The molecule has 1 saturated carbocycles. The minimum Gasteiger partial charge on any atom is -0.481 e. The third-order valence-electron chi connectivity index (χ3n) is 3.49. The SMILES string of the molecule is CC1(C(=O)N(CCC(=O)O)C2CC2)CCCO1. The van der Waals surface area contributed by atoms with Crippen LogP contribution in [0.4, 0.5) is 0 Å². The molecule has 1 heterocycles. The first-order valence-electron chi connectivity index (χ1n) is 6.20. The average Bonchev–Trinajstić information content (AvgIpc) is 3.01. The molecule has 1 aliphatic carbocycles. The number of hydrogen-bond donors (Lipinski definition) is 1. The van der Waals surface area contributed by atoms with E-state index in [0.29, 0.717) is 13.2 Å². The summed E-state index contributed by atoms with van der Waals surface area (Å²) in [7, 11) is 0. The number of carbonyl (C=O) groups excluding carboxylic acids is 1. The monoisotopic (exact) mass is 241 g/mol. The molecule has 1 unspecified atom stereocenters. The largest absolute Gasteiger partial charge is 0.481 e. The quantitative estimate of drug-likeness (QED) is 0.780. The van der Waals surface area contributed by atoms with Crippen molar-refractivity contribution in [3.8, 4) is 0 Å². The number of aliphatic carboxylic acids is 1. The molecule has 96 valence electrons. The van der Waals surface area contributed by atoms with Crippen LogP contribution < -0.4 is 0 Å². The summed E-state index contributed by atoms with van der Waals surface area (Å²) in [5.41, 5.74) is -0.721. The molecule has 5 nitrogen and oxygen atoms in total. The van der Waals surface area contributed by atoms with E-state index in [9.17, 15) is 9.59 Å². The van der Waals surface area contributed by atoms with Crippen molar-refractivity contribution in [2.24, 2.45) is 0 Å². The third-order valence-corrected chi connectivity index (χ3v) is 3.49. The maximum atomic E-state index is 12.4. The van der Waals surface area contributed by atoms with Crippen molar-refractivity contribution in [2.45, 2.75) is 50.7 Å². The first-order valence-corrected chi connectivity index (χ1v) is 6.20. The van der Waals surface area contributed by atoms with Crippen LogP contribution in [0.1, 0.15) is 39.0 Å². The zero-order valence-electron chi connectivity index (χ0n) is 10.1. The van der Waals surface area contributed by atoms with Gasteiger partial charge in [0.1, 0.15) is 5.60 Å². The number of nitrogens with zero attached hydrogens (tertiary/aromatic N) is 1. The number of amides is 1. The molecular weight excluding hydrogens is 222 g/mol. The molecule has 2 fully saturated rings. The second-order valence-corrected chi connectivity index (χ2v) is 5.06. The molecule has 0 spiro atoms. The minimum atomic E-state index is -0.860. The maximum absolute atomic E-state index is 12.4. The van der Waals surface area contributed by atoms with Gasteiger partial charge >= 0.3 is 5.97 Å². The molecule has 1 atom stereocenters. The topological polar surface area (TPSA) is 66.8 Å². The fourth-order valence-electron chi connectivity index (χ4n) is 2.30. The van der Waals surface area contributed by atoms with E-state index in [1.165, 1.54) is 0 Å². The van der Waals surface area contributed by atoms with Gasteiger partial charge in [0.25, 0.3) is 5.91 Å². The van der Waals surface area contributed by atoms with Crippen molar-refractivity contribution >= 4 is 11.9 Å². The normalized spacial score (nSPS) is 28.1. The molecule has 1 aliphatic heterocycles. The van der Waals surface area contributed by atoms with Gasteiger partial charge in [0.2, 0.25) is 0 Å². The van der Waals surface area contributed by atoms with Crippen molar-refractivity contribution in [3.05, 3.63) is 0 Å². The van der Waals surface area contributed by atoms with Crippen LogP contribution in [-0.4, -0.2) is 46.7 Å². The van der Waals surface area contributed by atoms with Crippen LogP contribution in [0.15, 0.2) is 0 Å². The molecule has 5 heteroatoms. The Kier molecular flexibility index (Phi) is 3.38. The predicted octanol–water partition coefficient (Wildman–Crippen LogP) is 1.02. The van der Waals surface area contributed by atoms with E-state index in [4.69, 9.17) is 9.84 Å². The molecule has 0 aromatic carbocycles. The standard InChI is InChI=1S/C12H19NO4/c1-12(6-2-8-17-12)11(16)13(9-3-4-9)7-5-10(14)15/h9H,2-8H2,1H3,(H,14,15). The highest BCUT2D eigenvalue weighted by molar-refractivity contribution is 5.86. The van der Waals surface area contributed by atoms with E-state index in [0.717, 1.165) is 25.7 Å². The minimum absolute atomic E-state index is 0.0122. The Morgan fingerprint density at radius 3 is 2.65 bits per heavy atom. The van der Waals surface area contributed by atoms with Gasteiger partial charge < -0.3 is 14.7 Å². The van der Waals surface area contributed by atoms with E-state index in [1.54, 1.807) is 4.90 Å². The molecule has 0 bridgehead atoms. The van der Waals surface area contributed by atoms with Crippen molar-refractivity contribution in [1.29, 1.82) is 0 Å². The first-order chi connectivity index (χ1) is 8.03. The smallest absolute Gasteiger partial charge is 0.305 e. The summed E-state index contributed by atoms with van der Waals surface area (Å²) in [6.07, 6.45) is 3.63. The highest BCUT2D eigenvalue weighted by Crippen LogP contribution is 2.33. The van der Waals surface area contributed by atoms with Gasteiger partial charge in [-0.3, -0.25) is 9.59 Å². The summed E-state index contributed by atoms with van der Waals surface area (Å²) in [6.45, 7) is 2.75. The summed E-state index contributed by atoms with van der Waals surface area (Å²) in [5, 5.41) is 8.71. The summed E-state index contributed by atoms with van der Waals surface area (Å²) in [6, 6.07) is 0.239. The second kappa shape index (κ2) is 4.64. The zero-order valence-corrected chi connectivity index (χ0v) is 10.1. The van der Waals surface area contributed by atoms with Gasteiger partial charge in [0, 0.05) is 19.2 Å². The van der Waals surface area contributed by atoms with Gasteiger partial charge in [0.05, 0.1) is 6.42 Å². The second-order valence-electron chi connectivity index (χ2n) is 5.06. The highest BCUT2D eigenvalue weighted by atomic mass is 16.5. The Labute approximate surface area is 101 Å². The lowest BCUT2D eigenvalue weighted by Gasteiger charge is -2.31. The van der Waals surface area contributed by atoms with Gasteiger partial charge in [-0.25, -0.2) is 0 Å². The molecule has 0 aromatic heterocycles. The molecule has 0 radical (unpaired) electrons. The molecular formula is C12H19NO4. The Morgan fingerprint density at radius 2 is 2.18 bits per heavy atom. The lowest BCUT2D eigenvalue weighted by atomic mass is 10.0. The lowest BCUT2D eigenvalue weighted by molar-refractivity contribution is -0.152. The van der Waals surface area contributed by atoms with Crippen LogP contribution in [0.2, 0.25) is 0 Å². The maximum Gasteiger partial charge on any atom is 0.305 e. The van der Waals surface area contributed by atoms with Crippen LogP contribution >= 0.6 is 0 Å². The molecule has 1 N–H and O–H groups in total. The van der Waals surface area contributed by atoms with Gasteiger partial charge in [-0.2, -0.15) is 0 Å². The molecule has 2 rings (SSSR count). The highest BCUT2D eigenvalue weighted by Gasteiger charge is 2.44. The molecule has 17 heavy (non-hydrogen) atoms. The Morgan fingerprint density at radius 1 is 1.47 bits per heavy atom. The van der Waals surface area contributed by atoms with Gasteiger partial charge in [0.15, 0.2) is 0 Å². The van der Waals surface area contributed by atoms with E-state index in [-0.39, 0.29) is 18.4 Å². The lowest BCUT2D eigenvalue weighted by Crippen LogP contribution is -2.48. The number of ether oxygens (including phenoxy) is 1. The van der Waals surface area contributed by atoms with Crippen LogP contribution in [0, 0.1) is 0 Å². The zero-order chi connectivity index (χ0) is 12.5. The van der Waals surface area contributed by atoms with Gasteiger partial charge in [-0.15, -0.1) is 0 Å². The number of rotatable bonds is 5. The number of hydrogen-bond acceptors (Lipinski definition) is 3. The Bertz CT molecular complexity index is 318. The molecule has 0 aromatic rings. The van der Waals surface area contributed by atoms with Crippen molar-refractivity contribution in [3.63, 3.8) is 0 Å². The molecule has 1 amide bonds. The van der Waals surface area contributed by atoms with E-state index < -0.39 is 11.6 Å². The third kappa shape index (κ3) is 2.77. The van der Waals surface area contributed by atoms with Crippen LogP contribution in [0.5, 0.6) is 0 Å². The predicted molar refractivity (Wildman–Crippen MR) is 60.6 cm³/mol. The average molecular weight is 241 g/mol. The number of carboxylic acid groups (broad SMARTS) is 1. The van der Waals surface area contributed by atoms with Crippen LogP contribution in [0.25, 0.3) is 0 Å². The Balaban J connectivity index is 1.99. The van der Waals surface area contributed by atoms with E-state index in [1.807, 2.05) is 6.92 Å². The fourth-order valence-corrected chi connectivity index (χ4v) is 2.30. The van der Waals surface area contributed by atoms with Crippen molar-refractivity contribution in [1.82, 2.24) is 4.90 Å². The van der Waals surface area contributed by atoms with Gasteiger partial charge in [-0.1, -0.05) is 0 Å². The van der Waals surface area contributed by atoms with Crippen LogP contribution in [-0.2, 0) is 14.3 Å². The van der Waals surface area contributed by atoms with Gasteiger partial charge in [-0.05, 0) is 32.6 Å². The van der Waals surface area contributed by atoms with E-state index >= 15 is 0 Å². The summed E-state index contributed by atoms with van der Waals surface area (Å²) < 4.78 is 5.53. The van der Waals surface area contributed by atoms with E-state index in [2.05, 4.69) is 0 Å². The molecule has 2 aliphatic rings. The fraction of sp³-hybridized carbons (Fsp3) is 0.833. The molecule has 1 saturated heterocycles.